The summed E-state index contributed by atoms with van der Waals surface area (Å²) in [6.07, 6.45) is 2.27. The average molecular weight is 264 g/mol. The smallest absolute Gasteiger partial charge is 0.226 e. The largest absolute Gasteiger partial charge is 0.335 e. The first-order valence-corrected chi connectivity index (χ1v) is 7.70. The molecule has 0 spiro atoms. The lowest BCUT2D eigenvalue weighted by Crippen LogP contribution is -2.50. The van der Waals surface area contributed by atoms with E-state index in [0.29, 0.717) is 17.9 Å². The van der Waals surface area contributed by atoms with Gasteiger partial charge in [-0.3, -0.25) is 4.79 Å². The SMILES string of the molecule is CC(C(=O)N1CCCC1c1cccs1)C1CNC1. The fraction of sp³-hybridized carbons (Fsp3) is 0.643. The minimum absolute atomic E-state index is 0.173. The lowest BCUT2D eigenvalue weighted by Gasteiger charge is -2.35. The number of amides is 1. The lowest BCUT2D eigenvalue weighted by atomic mass is 9.88. The van der Waals surface area contributed by atoms with Crippen molar-refractivity contribution in [3.8, 4) is 0 Å². The molecule has 0 saturated carbocycles. The van der Waals surface area contributed by atoms with E-state index in [-0.39, 0.29) is 5.92 Å². The third-order valence-corrected chi connectivity index (χ3v) is 5.29. The fourth-order valence-corrected chi connectivity index (χ4v) is 3.81. The van der Waals surface area contributed by atoms with Gasteiger partial charge in [0.05, 0.1) is 6.04 Å². The molecule has 1 amide bonds. The van der Waals surface area contributed by atoms with Gasteiger partial charge in [0.15, 0.2) is 0 Å². The summed E-state index contributed by atoms with van der Waals surface area (Å²) in [4.78, 5) is 16.1. The van der Waals surface area contributed by atoms with Gasteiger partial charge in [0, 0.05) is 17.3 Å². The van der Waals surface area contributed by atoms with Gasteiger partial charge in [-0.15, -0.1) is 11.3 Å². The predicted octanol–water partition coefficient (Wildman–Crippen LogP) is 2.27. The molecule has 1 N–H and O–H groups in total. The van der Waals surface area contributed by atoms with Crippen LogP contribution in [-0.4, -0.2) is 30.4 Å². The van der Waals surface area contributed by atoms with E-state index in [0.717, 1.165) is 32.5 Å². The maximum absolute atomic E-state index is 12.6. The van der Waals surface area contributed by atoms with E-state index in [1.807, 2.05) is 0 Å². The molecule has 2 saturated heterocycles. The van der Waals surface area contributed by atoms with E-state index in [2.05, 4.69) is 34.7 Å². The Bertz CT molecular complexity index is 413. The first kappa shape index (κ1) is 12.2. The van der Waals surface area contributed by atoms with Crippen molar-refractivity contribution in [1.82, 2.24) is 10.2 Å². The second-order valence-corrected chi connectivity index (χ2v) is 6.39. The van der Waals surface area contributed by atoms with Crippen molar-refractivity contribution in [2.45, 2.75) is 25.8 Å². The molecule has 2 atom stereocenters. The van der Waals surface area contributed by atoms with Crippen molar-refractivity contribution >= 4 is 17.2 Å². The number of carbonyl (C=O) groups excluding carboxylic acids is 1. The number of likely N-dealkylation sites (tertiary alicyclic amines) is 1. The van der Waals surface area contributed by atoms with Crippen molar-refractivity contribution in [3.05, 3.63) is 22.4 Å². The van der Waals surface area contributed by atoms with E-state index in [9.17, 15) is 4.79 Å². The van der Waals surface area contributed by atoms with Crippen LogP contribution >= 0.6 is 11.3 Å². The van der Waals surface area contributed by atoms with Crippen LogP contribution in [0, 0.1) is 11.8 Å². The highest BCUT2D eigenvalue weighted by atomic mass is 32.1. The maximum Gasteiger partial charge on any atom is 0.226 e. The van der Waals surface area contributed by atoms with Gasteiger partial charge >= 0.3 is 0 Å². The molecule has 18 heavy (non-hydrogen) atoms. The summed E-state index contributed by atoms with van der Waals surface area (Å²) >= 11 is 1.77. The van der Waals surface area contributed by atoms with Crippen LogP contribution < -0.4 is 5.32 Å². The summed E-state index contributed by atoms with van der Waals surface area (Å²) in [6, 6.07) is 4.59. The van der Waals surface area contributed by atoms with Gasteiger partial charge in [0.2, 0.25) is 5.91 Å². The number of nitrogens with one attached hydrogen (secondary N) is 1. The first-order valence-electron chi connectivity index (χ1n) is 6.82. The Morgan fingerprint density at radius 1 is 1.56 bits per heavy atom. The Kier molecular flexibility index (Phi) is 3.39. The van der Waals surface area contributed by atoms with Crippen LogP contribution in [0.5, 0.6) is 0 Å². The molecule has 2 fully saturated rings. The van der Waals surface area contributed by atoms with E-state index in [1.165, 1.54) is 4.88 Å². The molecule has 4 heteroatoms. The van der Waals surface area contributed by atoms with Gasteiger partial charge < -0.3 is 10.2 Å². The normalized spacial score (nSPS) is 26.1. The van der Waals surface area contributed by atoms with Crippen molar-refractivity contribution in [2.24, 2.45) is 11.8 Å². The fourth-order valence-electron chi connectivity index (χ4n) is 2.93. The topological polar surface area (TPSA) is 32.3 Å². The Balaban J connectivity index is 1.72. The molecule has 1 aromatic rings. The van der Waals surface area contributed by atoms with E-state index < -0.39 is 0 Å². The quantitative estimate of drug-likeness (QED) is 0.908. The molecule has 0 aromatic carbocycles. The minimum atomic E-state index is 0.173. The number of carbonyl (C=O) groups is 1. The molecule has 3 heterocycles. The molecular formula is C14H20N2OS. The number of nitrogens with zero attached hydrogens (tertiary/aromatic N) is 1. The van der Waals surface area contributed by atoms with Gasteiger partial charge in [-0.05, 0) is 43.3 Å². The van der Waals surface area contributed by atoms with Gasteiger partial charge in [-0.25, -0.2) is 0 Å². The molecule has 0 aliphatic carbocycles. The molecular weight excluding hydrogens is 244 g/mol. The van der Waals surface area contributed by atoms with Crippen LogP contribution in [0.15, 0.2) is 17.5 Å². The second kappa shape index (κ2) is 5.02. The third kappa shape index (κ3) is 2.08. The van der Waals surface area contributed by atoms with Gasteiger partial charge in [0.1, 0.15) is 0 Å². The zero-order valence-electron chi connectivity index (χ0n) is 10.8. The Hall–Kier alpha value is -0.870. The van der Waals surface area contributed by atoms with Crippen molar-refractivity contribution in [1.29, 1.82) is 0 Å². The summed E-state index contributed by atoms with van der Waals surface area (Å²) in [5.74, 6) is 1.08. The van der Waals surface area contributed by atoms with Crippen molar-refractivity contribution < 1.29 is 4.79 Å². The molecule has 0 bridgehead atoms. The summed E-state index contributed by atoms with van der Waals surface area (Å²) in [7, 11) is 0. The summed E-state index contributed by atoms with van der Waals surface area (Å²) in [5, 5.41) is 5.36. The number of thiophene rings is 1. The zero-order valence-corrected chi connectivity index (χ0v) is 11.6. The van der Waals surface area contributed by atoms with Crippen LogP contribution in [0.25, 0.3) is 0 Å². The Morgan fingerprint density at radius 3 is 3.00 bits per heavy atom. The average Bonchev–Trinajstić information content (AvgIpc) is 2.95. The molecule has 3 nitrogen and oxygen atoms in total. The third-order valence-electron chi connectivity index (χ3n) is 4.32. The van der Waals surface area contributed by atoms with Crippen LogP contribution in [0.3, 0.4) is 0 Å². The standard InChI is InChI=1S/C14H20N2OS/c1-10(11-8-15-9-11)14(17)16-6-2-4-12(16)13-5-3-7-18-13/h3,5,7,10-12,15H,2,4,6,8-9H2,1H3. The summed E-state index contributed by atoms with van der Waals surface area (Å²) in [6.45, 7) is 5.04. The highest BCUT2D eigenvalue weighted by Gasteiger charge is 2.37. The van der Waals surface area contributed by atoms with Crippen molar-refractivity contribution in [3.63, 3.8) is 0 Å². The van der Waals surface area contributed by atoms with E-state index in [1.54, 1.807) is 11.3 Å². The molecule has 2 unspecified atom stereocenters. The summed E-state index contributed by atoms with van der Waals surface area (Å²) in [5.41, 5.74) is 0. The molecule has 2 aliphatic rings. The summed E-state index contributed by atoms with van der Waals surface area (Å²) < 4.78 is 0. The lowest BCUT2D eigenvalue weighted by molar-refractivity contribution is -0.138. The van der Waals surface area contributed by atoms with Gasteiger partial charge in [-0.2, -0.15) is 0 Å². The van der Waals surface area contributed by atoms with Crippen LogP contribution in [-0.2, 0) is 4.79 Å². The highest BCUT2D eigenvalue weighted by molar-refractivity contribution is 7.10. The number of rotatable bonds is 3. The predicted molar refractivity (Wildman–Crippen MR) is 73.5 cm³/mol. The van der Waals surface area contributed by atoms with Gasteiger partial charge in [0.25, 0.3) is 0 Å². The monoisotopic (exact) mass is 264 g/mol. The second-order valence-electron chi connectivity index (χ2n) is 5.41. The highest BCUT2D eigenvalue weighted by Crippen LogP contribution is 2.36. The number of hydrogen-bond donors (Lipinski definition) is 1. The van der Waals surface area contributed by atoms with Crippen LogP contribution in [0.1, 0.15) is 30.7 Å². The Labute approximate surface area is 112 Å². The molecule has 2 aliphatic heterocycles. The maximum atomic E-state index is 12.6. The molecule has 3 rings (SSSR count). The first-order chi connectivity index (χ1) is 8.77. The van der Waals surface area contributed by atoms with Crippen LogP contribution in [0.2, 0.25) is 0 Å². The van der Waals surface area contributed by atoms with Gasteiger partial charge in [-0.1, -0.05) is 13.0 Å². The molecule has 1 aromatic heterocycles. The molecule has 98 valence electrons. The van der Waals surface area contributed by atoms with E-state index in [4.69, 9.17) is 0 Å². The zero-order chi connectivity index (χ0) is 12.5. The van der Waals surface area contributed by atoms with E-state index >= 15 is 0 Å². The Morgan fingerprint density at radius 2 is 2.39 bits per heavy atom. The van der Waals surface area contributed by atoms with Crippen LogP contribution in [0.4, 0.5) is 0 Å². The minimum Gasteiger partial charge on any atom is -0.335 e. The van der Waals surface area contributed by atoms with Crippen molar-refractivity contribution in [2.75, 3.05) is 19.6 Å². The number of hydrogen-bond acceptors (Lipinski definition) is 3. The molecule has 0 radical (unpaired) electrons.